The Balaban J connectivity index is 1.66. The molecule has 2 heterocycles. The van der Waals surface area contributed by atoms with Crippen molar-refractivity contribution in [3.63, 3.8) is 0 Å². The number of carbonyl (C=O) groups is 12. The van der Waals surface area contributed by atoms with Gasteiger partial charge in [0, 0.05) is 75.8 Å². The molecule has 468 valence electrons. The van der Waals surface area contributed by atoms with Crippen LogP contribution in [0.15, 0.2) is 72.9 Å². The molecule has 1 aliphatic rings. The Bertz CT molecular complexity index is 3000. The number of nitrogens with one attached hydrogen (secondary N) is 7. The van der Waals surface area contributed by atoms with Gasteiger partial charge in [-0.25, -0.2) is 13.6 Å². The summed E-state index contributed by atoms with van der Waals surface area (Å²) >= 11 is 0. The molecule has 0 saturated carbocycles. The van der Waals surface area contributed by atoms with Gasteiger partial charge in [-0.05, 0) is 68.0 Å². The molecule has 2 aromatic carbocycles. The van der Waals surface area contributed by atoms with Crippen molar-refractivity contribution in [2.75, 3.05) is 39.4 Å². The summed E-state index contributed by atoms with van der Waals surface area (Å²) in [6.07, 6.45) is 0.208. The number of aromatic nitrogens is 1. The van der Waals surface area contributed by atoms with Gasteiger partial charge in [0.15, 0.2) is 0 Å². The van der Waals surface area contributed by atoms with Gasteiger partial charge in [-0.15, -0.1) is 0 Å². The van der Waals surface area contributed by atoms with E-state index in [0.717, 1.165) is 35.9 Å². The van der Waals surface area contributed by atoms with Crippen molar-refractivity contribution in [2.45, 2.75) is 129 Å². The number of hydrogen-bond acceptors (Lipinski definition) is 14. The molecule has 0 aliphatic carbocycles. The number of ether oxygens (including phenoxy) is 1. The number of alkyl carbamates (subject to hydrolysis) is 1. The molecule has 0 unspecified atom stereocenters. The van der Waals surface area contributed by atoms with Gasteiger partial charge >= 0.3 is 12.1 Å². The smallest absolute Gasteiger partial charge is 0.407 e. The van der Waals surface area contributed by atoms with Crippen molar-refractivity contribution < 1.29 is 81.3 Å². The van der Waals surface area contributed by atoms with Crippen LogP contribution in [-0.2, 0) is 64.0 Å². The van der Waals surface area contributed by atoms with Gasteiger partial charge < -0.3 is 67.4 Å². The summed E-state index contributed by atoms with van der Waals surface area (Å²) in [7, 11) is -1.55. The predicted molar refractivity (Wildman–Crippen MR) is 309 cm³/mol. The van der Waals surface area contributed by atoms with Crippen molar-refractivity contribution in [3.8, 4) is 11.1 Å². The number of aliphatic hydroxyl groups is 1. The molecule has 26 nitrogen and oxygen atoms in total. The molecule has 0 bridgehead atoms. The van der Waals surface area contributed by atoms with Crippen molar-refractivity contribution >= 4 is 79.2 Å². The number of halogens is 2. The quantitative estimate of drug-likeness (QED) is 0.0238. The van der Waals surface area contributed by atoms with Crippen LogP contribution in [0.5, 0.6) is 0 Å². The molecule has 0 spiro atoms. The molecule has 0 saturated heterocycles. The number of carbonyl (C=O) groups excluding carboxylic acids is 11. The molecular weight excluding hydrogens is 1140 g/mol. The Morgan fingerprint density at radius 2 is 1.33 bits per heavy atom. The van der Waals surface area contributed by atoms with E-state index in [1.807, 2.05) is 12.1 Å². The minimum absolute atomic E-state index is 0.0985. The second kappa shape index (κ2) is 31.9. The number of nitrogens with two attached hydrogens (primary N) is 1. The lowest BCUT2D eigenvalue weighted by atomic mass is 9.82. The minimum Gasteiger partial charge on any atom is -0.481 e. The Morgan fingerprint density at radius 1 is 0.744 bits per heavy atom. The maximum Gasteiger partial charge on any atom is 0.407 e. The average Bonchev–Trinajstić information content (AvgIpc) is 1.67. The monoisotopic (exact) mass is 1220 g/mol. The molecule has 86 heavy (non-hydrogen) atoms. The Hall–Kier alpha value is -8.86. The largest absolute Gasteiger partial charge is 0.481 e. The third-order valence-electron chi connectivity index (χ3n) is 13.4. The molecular formula is C57H77F2N11O15Si. The number of imide groups is 1. The first kappa shape index (κ1) is 69.6. The maximum atomic E-state index is 15.5. The van der Waals surface area contributed by atoms with Crippen LogP contribution in [0, 0.1) is 17.0 Å². The van der Waals surface area contributed by atoms with E-state index in [2.05, 4.69) is 56.9 Å². The van der Waals surface area contributed by atoms with E-state index in [1.54, 1.807) is 55.8 Å². The van der Waals surface area contributed by atoms with Crippen LogP contribution < -0.4 is 43.0 Å². The fraction of sp³-hybridized carbons (Fsp3) is 0.474. The fourth-order valence-corrected chi connectivity index (χ4v) is 9.59. The van der Waals surface area contributed by atoms with E-state index in [9.17, 15) is 72.1 Å². The first-order chi connectivity index (χ1) is 40.3. The number of primary amides is 1. The molecule has 0 fully saturated rings. The molecule has 29 heteroatoms. The second-order valence-corrected chi connectivity index (χ2v) is 28.4. The van der Waals surface area contributed by atoms with E-state index < -0.39 is 191 Å². The number of rotatable bonds is 32. The summed E-state index contributed by atoms with van der Waals surface area (Å²) < 4.78 is 37.1. The first-order valence-electron chi connectivity index (χ1n) is 27.6. The van der Waals surface area contributed by atoms with Crippen LogP contribution >= 0.6 is 0 Å². The summed E-state index contributed by atoms with van der Waals surface area (Å²) in [6, 6.07) is 5.54. The number of carboxylic acids is 1. The van der Waals surface area contributed by atoms with E-state index >= 15 is 4.39 Å². The van der Waals surface area contributed by atoms with Gasteiger partial charge in [-0.3, -0.25) is 57.6 Å². The summed E-state index contributed by atoms with van der Waals surface area (Å²) in [4.78, 5) is 158. The van der Waals surface area contributed by atoms with Crippen LogP contribution in [0.1, 0.15) is 77.6 Å². The highest BCUT2D eigenvalue weighted by Crippen LogP contribution is 2.41. The zero-order valence-electron chi connectivity index (χ0n) is 49.3. The molecule has 6 atom stereocenters. The number of aliphatic hydroxyl groups excluding tert-OH is 1. The van der Waals surface area contributed by atoms with Crippen LogP contribution in [0.2, 0.25) is 25.7 Å². The van der Waals surface area contributed by atoms with Crippen molar-refractivity contribution in [3.05, 3.63) is 95.8 Å². The molecule has 0 radical (unpaired) electrons. The van der Waals surface area contributed by atoms with E-state index in [4.69, 9.17) is 10.5 Å². The Labute approximate surface area is 496 Å². The van der Waals surface area contributed by atoms with Gasteiger partial charge in [-0.1, -0.05) is 70.7 Å². The number of nitrogens with zero attached hydrogens (tertiary/aromatic N) is 3. The standard InChI is InChI=1S/C57H77F2N11O15Si/c1-33(63-51(79)34(2)64-56(84)85-24-25-86(6,7)8)52(80)67-42(28-44(60)72)55(83)66-41(54(82)62-22-21-61-53(81)40(16-19-49(77)78)65-45(73)31-70-46(74)17-18-47(70)75)20-23-69(48(76)32-71)50(57(3,4)5)43-26-36(38-27-37(58)14-15-39(38)59)30-68(43)29-35-12-10-9-11-13-35/h9-15,17-18,26-27,30,33-34,40-42,50,71H,16,19-25,28-29,31-32H2,1-8H3,(H2,60,72)(H,61,81)(H,62,82)(H,63,79)(H,64,84)(H,65,73)(H,66,83)(H,67,80)(H,77,78)/t33-,34-,40+,41-,42-,50-/m0/s1. The summed E-state index contributed by atoms with van der Waals surface area (Å²) in [5.41, 5.74) is 5.86. The molecule has 11 amide bonds. The first-order valence-corrected chi connectivity index (χ1v) is 31.3. The van der Waals surface area contributed by atoms with Crippen molar-refractivity contribution in [2.24, 2.45) is 11.1 Å². The summed E-state index contributed by atoms with van der Waals surface area (Å²) in [5.74, 6) is -12.2. The van der Waals surface area contributed by atoms with Crippen LogP contribution in [-0.4, -0.2) is 173 Å². The SMILES string of the molecule is C[C@H](NC(=O)OCC[Si](C)(C)C)C(=O)N[C@@H](C)C(=O)N[C@@H](CC(N)=O)C(=O)N[C@@H](CCN(C(=O)CO)[C@@H](c1cc(-c2cc(F)ccc2F)cn1Cc1ccccc1)C(C)(C)C)C(=O)NCCNC(=O)[C@@H](CCC(=O)O)NC(=O)CN1C(=O)C=CC1=O. The third-order valence-corrected chi connectivity index (χ3v) is 15.1. The lowest BCUT2D eigenvalue weighted by Crippen LogP contribution is -2.58. The van der Waals surface area contributed by atoms with Crippen LogP contribution in [0.4, 0.5) is 13.6 Å². The van der Waals surface area contributed by atoms with Crippen molar-refractivity contribution in [1.82, 2.24) is 51.6 Å². The zero-order chi connectivity index (χ0) is 64.2. The highest BCUT2D eigenvalue weighted by Gasteiger charge is 2.39. The number of hydrogen-bond donors (Lipinski definition) is 10. The minimum atomic E-state index is -1.82. The molecule has 1 aromatic heterocycles. The predicted octanol–water partition coefficient (Wildman–Crippen LogP) is 1.09. The second-order valence-electron chi connectivity index (χ2n) is 22.8. The number of benzene rings is 2. The van der Waals surface area contributed by atoms with Gasteiger partial charge in [0.05, 0.1) is 19.1 Å². The van der Waals surface area contributed by atoms with Gasteiger partial charge in [-0.2, -0.15) is 0 Å². The fourth-order valence-electron chi connectivity index (χ4n) is 8.88. The Morgan fingerprint density at radius 3 is 1.90 bits per heavy atom. The molecule has 3 aromatic rings. The lowest BCUT2D eigenvalue weighted by molar-refractivity contribution is -0.141. The van der Waals surface area contributed by atoms with Crippen LogP contribution in [0.3, 0.4) is 0 Å². The summed E-state index contributed by atoms with van der Waals surface area (Å²) in [5, 5.41) is 36.7. The lowest BCUT2D eigenvalue weighted by Gasteiger charge is -2.41. The van der Waals surface area contributed by atoms with Crippen LogP contribution in [0.25, 0.3) is 11.1 Å². The highest BCUT2D eigenvalue weighted by molar-refractivity contribution is 6.76. The molecule has 11 N–H and O–H groups in total. The third kappa shape index (κ3) is 22.0. The topological polar surface area (TPSA) is 376 Å². The number of carboxylic acid groups (broad SMARTS) is 1. The maximum absolute atomic E-state index is 15.5. The Kier molecular flexibility index (Phi) is 25.8. The normalized spacial score (nSPS) is 14.3. The molecule has 1 aliphatic heterocycles. The zero-order valence-corrected chi connectivity index (χ0v) is 50.3. The average molecular weight is 1220 g/mol. The van der Waals surface area contributed by atoms with E-state index in [0.29, 0.717) is 16.6 Å². The molecule has 4 rings (SSSR count). The van der Waals surface area contributed by atoms with Gasteiger partial charge in [0.1, 0.15) is 55.0 Å². The number of amides is 11. The summed E-state index contributed by atoms with van der Waals surface area (Å²) in [6.45, 7) is 11.3. The van der Waals surface area contributed by atoms with Crippen molar-refractivity contribution in [1.29, 1.82) is 0 Å². The van der Waals surface area contributed by atoms with Gasteiger partial charge in [0.2, 0.25) is 47.3 Å². The van der Waals surface area contributed by atoms with E-state index in [-0.39, 0.29) is 24.3 Å². The van der Waals surface area contributed by atoms with E-state index in [1.165, 1.54) is 18.7 Å². The number of aliphatic carboxylic acids is 1. The van der Waals surface area contributed by atoms with Gasteiger partial charge in [0.25, 0.3) is 11.8 Å². The highest BCUT2D eigenvalue weighted by atomic mass is 28.3.